The Kier molecular flexibility index (Phi) is 2.17. The van der Waals surface area contributed by atoms with Crippen LogP contribution in [-0.2, 0) is 10.1 Å². The molecule has 0 unspecified atom stereocenters. The van der Waals surface area contributed by atoms with E-state index in [-0.39, 0.29) is 0 Å². The first-order valence-electron chi connectivity index (χ1n) is 1.56. The van der Waals surface area contributed by atoms with E-state index in [0.29, 0.717) is 0 Å². The Hall–Kier alpha value is -0.160. The van der Waals surface area contributed by atoms with Gasteiger partial charge in [0.1, 0.15) is 6.67 Å². The number of rotatable bonds is 2. The molecule has 0 rings (SSSR count). The number of hydrogen-bond acceptors (Lipinski definition) is 3. The summed E-state index contributed by atoms with van der Waals surface area (Å²) in [5.41, 5.74) is 0. The van der Waals surface area contributed by atoms with Crippen LogP contribution in [-0.4, -0.2) is 25.4 Å². The van der Waals surface area contributed by atoms with Crippen LogP contribution in [0, 0.1) is 0 Å². The molecular formula is C2H4FO3S-. The molecular weight excluding hydrogens is 123 g/mol. The van der Waals surface area contributed by atoms with Gasteiger partial charge in [-0.15, -0.1) is 0 Å². The Morgan fingerprint density at radius 2 is 2.00 bits per heavy atom. The molecule has 0 aliphatic rings. The molecule has 0 saturated heterocycles. The molecule has 0 aromatic rings. The van der Waals surface area contributed by atoms with Crippen LogP contribution in [0.2, 0.25) is 0 Å². The summed E-state index contributed by atoms with van der Waals surface area (Å²) < 4.78 is 39.2. The molecule has 0 atom stereocenters. The van der Waals surface area contributed by atoms with Crippen molar-refractivity contribution in [2.24, 2.45) is 0 Å². The summed E-state index contributed by atoms with van der Waals surface area (Å²) >= 11 is 0. The summed E-state index contributed by atoms with van der Waals surface area (Å²) in [6, 6.07) is 0. The van der Waals surface area contributed by atoms with Crippen molar-refractivity contribution in [2.75, 3.05) is 12.4 Å². The molecule has 44 valence electrons. The maximum atomic E-state index is 10.9. The molecule has 3 nitrogen and oxygen atoms in total. The maximum Gasteiger partial charge on any atom is 0.102 e. The molecule has 0 heterocycles. The van der Waals surface area contributed by atoms with Gasteiger partial charge in [0.05, 0.1) is 15.9 Å². The second-order valence-corrected chi connectivity index (χ2v) is 2.47. The van der Waals surface area contributed by atoms with Crippen molar-refractivity contribution in [1.29, 1.82) is 0 Å². The van der Waals surface area contributed by atoms with E-state index < -0.39 is 22.5 Å². The highest BCUT2D eigenvalue weighted by molar-refractivity contribution is 7.85. The predicted molar refractivity (Wildman–Crippen MR) is 20.5 cm³/mol. The minimum absolute atomic E-state index is 0.910. The van der Waals surface area contributed by atoms with Crippen molar-refractivity contribution in [3.05, 3.63) is 0 Å². The lowest BCUT2D eigenvalue weighted by Gasteiger charge is -1.99. The predicted octanol–water partition coefficient (Wildman–Crippen LogP) is -0.499. The van der Waals surface area contributed by atoms with E-state index >= 15 is 0 Å². The number of alkyl halides is 1. The van der Waals surface area contributed by atoms with Crippen molar-refractivity contribution in [1.82, 2.24) is 0 Å². The Morgan fingerprint density at radius 3 is 2.00 bits per heavy atom. The lowest BCUT2D eigenvalue weighted by Crippen LogP contribution is -2.04. The normalized spacial score (nSPS) is 11.7. The van der Waals surface area contributed by atoms with E-state index in [1.165, 1.54) is 0 Å². The van der Waals surface area contributed by atoms with Crippen LogP contribution in [0.3, 0.4) is 0 Å². The average molecular weight is 127 g/mol. The standard InChI is InChI=1S/C2H5FO3S/c3-1-2-7(4,5)6/h1-2H2,(H,4,5,6)/p-1. The lowest BCUT2D eigenvalue weighted by atomic mass is 10.9. The molecule has 0 bridgehead atoms. The Bertz CT molecular complexity index is 126. The second-order valence-electron chi connectivity index (χ2n) is 0.951. The van der Waals surface area contributed by atoms with Gasteiger partial charge in [0.15, 0.2) is 0 Å². The Balaban J connectivity index is 3.60. The largest absolute Gasteiger partial charge is 0.748 e. The van der Waals surface area contributed by atoms with Gasteiger partial charge in [0, 0.05) is 0 Å². The van der Waals surface area contributed by atoms with Crippen molar-refractivity contribution >= 4 is 10.1 Å². The van der Waals surface area contributed by atoms with E-state index in [9.17, 15) is 17.4 Å². The SMILES string of the molecule is O=S(=O)([O-])CCF. The first-order valence-corrected chi connectivity index (χ1v) is 3.13. The van der Waals surface area contributed by atoms with Crippen molar-refractivity contribution in [3.8, 4) is 0 Å². The Labute approximate surface area is 40.9 Å². The molecule has 0 aromatic carbocycles. The fourth-order valence-electron chi connectivity index (χ4n) is 0.0945. The van der Waals surface area contributed by atoms with E-state index in [0.717, 1.165) is 0 Å². The van der Waals surface area contributed by atoms with E-state index in [1.807, 2.05) is 0 Å². The molecule has 0 radical (unpaired) electrons. The number of halogens is 1. The minimum atomic E-state index is -4.30. The highest BCUT2D eigenvalue weighted by Gasteiger charge is 1.89. The van der Waals surface area contributed by atoms with Crippen LogP contribution in [0.25, 0.3) is 0 Å². The zero-order valence-electron chi connectivity index (χ0n) is 3.43. The smallest absolute Gasteiger partial charge is 0.102 e. The molecule has 0 aliphatic carbocycles. The molecule has 0 amide bonds. The third kappa shape index (κ3) is 5.84. The topological polar surface area (TPSA) is 57.2 Å². The first-order chi connectivity index (χ1) is 3.06. The minimum Gasteiger partial charge on any atom is -0.748 e. The summed E-state index contributed by atoms with van der Waals surface area (Å²) in [7, 11) is -4.30. The molecule has 5 heteroatoms. The van der Waals surface area contributed by atoms with Crippen LogP contribution in [0.4, 0.5) is 4.39 Å². The third-order valence-electron chi connectivity index (χ3n) is 0.327. The molecule has 0 aromatic heterocycles. The fourth-order valence-corrected chi connectivity index (χ4v) is 0.283. The van der Waals surface area contributed by atoms with Gasteiger partial charge >= 0.3 is 0 Å². The summed E-state index contributed by atoms with van der Waals surface area (Å²) in [6.45, 7) is -1.09. The van der Waals surface area contributed by atoms with Crippen LogP contribution in [0.1, 0.15) is 0 Å². The number of hydrogen-bond donors (Lipinski definition) is 0. The average Bonchev–Trinajstić information content (AvgIpc) is 1.30. The summed E-state index contributed by atoms with van der Waals surface area (Å²) in [6.07, 6.45) is 0. The lowest BCUT2D eigenvalue weighted by molar-refractivity contribution is 0.446. The van der Waals surface area contributed by atoms with Crippen molar-refractivity contribution in [3.63, 3.8) is 0 Å². The highest BCUT2D eigenvalue weighted by atomic mass is 32.2. The van der Waals surface area contributed by atoms with Gasteiger partial charge < -0.3 is 4.55 Å². The van der Waals surface area contributed by atoms with Gasteiger partial charge in [-0.2, -0.15) is 0 Å². The summed E-state index contributed by atoms with van der Waals surface area (Å²) in [5.74, 6) is -0.910. The summed E-state index contributed by atoms with van der Waals surface area (Å²) in [5, 5.41) is 0. The zero-order valence-corrected chi connectivity index (χ0v) is 4.24. The monoisotopic (exact) mass is 127 g/mol. The molecule has 7 heavy (non-hydrogen) atoms. The van der Waals surface area contributed by atoms with Crippen LogP contribution >= 0.6 is 0 Å². The van der Waals surface area contributed by atoms with Crippen LogP contribution < -0.4 is 0 Å². The first kappa shape index (κ1) is 6.84. The van der Waals surface area contributed by atoms with Gasteiger partial charge in [-0.25, -0.2) is 8.42 Å². The van der Waals surface area contributed by atoms with E-state index in [4.69, 9.17) is 0 Å². The second kappa shape index (κ2) is 2.23. The van der Waals surface area contributed by atoms with Gasteiger partial charge in [0.25, 0.3) is 0 Å². The Morgan fingerprint density at radius 1 is 1.57 bits per heavy atom. The van der Waals surface area contributed by atoms with Gasteiger partial charge in [-0.1, -0.05) is 0 Å². The maximum absolute atomic E-state index is 10.9. The third-order valence-corrected chi connectivity index (χ3v) is 0.981. The highest BCUT2D eigenvalue weighted by Crippen LogP contribution is 1.79. The fraction of sp³-hybridized carbons (Fsp3) is 1.00. The van der Waals surface area contributed by atoms with Crippen LogP contribution in [0.15, 0.2) is 0 Å². The molecule has 0 spiro atoms. The molecule has 0 saturated carbocycles. The van der Waals surface area contributed by atoms with Crippen molar-refractivity contribution in [2.45, 2.75) is 0 Å². The van der Waals surface area contributed by atoms with Gasteiger partial charge in [-0.3, -0.25) is 4.39 Å². The molecule has 0 aliphatic heterocycles. The van der Waals surface area contributed by atoms with Gasteiger partial charge in [0.2, 0.25) is 0 Å². The summed E-state index contributed by atoms with van der Waals surface area (Å²) in [4.78, 5) is 0. The quantitative estimate of drug-likeness (QED) is 0.470. The van der Waals surface area contributed by atoms with E-state index in [2.05, 4.69) is 0 Å². The zero-order chi connectivity index (χ0) is 5.91. The van der Waals surface area contributed by atoms with Crippen LogP contribution in [0.5, 0.6) is 0 Å². The van der Waals surface area contributed by atoms with Gasteiger partial charge in [-0.05, 0) is 0 Å². The molecule has 0 N–H and O–H groups in total. The van der Waals surface area contributed by atoms with Crippen molar-refractivity contribution < 1.29 is 17.4 Å². The van der Waals surface area contributed by atoms with E-state index in [1.54, 1.807) is 0 Å². The molecule has 0 fully saturated rings.